The van der Waals surface area contributed by atoms with Crippen molar-refractivity contribution < 1.29 is 23.1 Å². The van der Waals surface area contributed by atoms with Gasteiger partial charge in [-0.25, -0.2) is 0 Å². The zero-order valence-corrected chi connectivity index (χ0v) is 11.9. The van der Waals surface area contributed by atoms with Crippen LogP contribution in [0.3, 0.4) is 0 Å². The minimum Gasteiger partial charge on any atom is -0.376 e. The summed E-state index contributed by atoms with van der Waals surface area (Å²) >= 11 is 5.95. The molecule has 6 heteroatoms. The molecule has 0 bridgehead atoms. The van der Waals surface area contributed by atoms with E-state index in [1.807, 2.05) is 0 Å². The first kappa shape index (κ1) is 14.9. The second kappa shape index (κ2) is 4.46. The lowest BCUT2D eigenvalue weighted by Gasteiger charge is -2.35. The van der Waals surface area contributed by atoms with Crippen LogP contribution in [-0.4, -0.2) is 17.1 Å². The Balaban J connectivity index is 2.22. The molecule has 21 heavy (non-hydrogen) atoms. The van der Waals surface area contributed by atoms with E-state index in [1.165, 1.54) is 6.07 Å². The van der Waals surface area contributed by atoms with Crippen molar-refractivity contribution >= 4 is 17.4 Å². The van der Waals surface area contributed by atoms with Gasteiger partial charge in [-0.1, -0.05) is 23.7 Å². The van der Waals surface area contributed by atoms with Gasteiger partial charge in [0.25, 0.3) is 0 Å². The number of hydrogen-bond acceptors (Lipinski definition) is 2. The van der Waals surface area contributed by atoms with Crippen LogP contribution in [-0.2, 0) is 15.8 Å². The first-order valence-corrected chi connectivity index (χ1v) is 7.18. The average molecular weight is 319 g/mol. The molecule has 0 saturated heterocycles. The monoisotopic (exact) mass is 318 g/mol. The molecule has 2 aliphatic rings. The zero-order valence-electron chi connectivity index (χ0n) is 11.1. The van der Waals surface area contributed by atoms with E-state index < -0.39 is 23.6 Å². The fourth-order valence-corrected chi connectivity index (χ4v) is 4.19. The highest BCUT2D eigenvalue weighted by Crippen LogP contribution is 2.60. The number of benzene rings is 1. The molecule has 2 nitrogen and oxygen atoms in total. The number of alkyl halides is 3. The van der Waals surface area contributed by atoms with Crippen LogP contribution in [0, 0.1) is 0 Å². The molecule has 3 rings (SSSR count). The number of ketones is 1. The van der Waals surface area contributed by atoms with E-state index in [2.05, 4.69) is 0 Å². The Labute approximate surface area is 124 Å². The van der Waals surface area contributed by atoms with Gasteiger partial charge in [-0.3, -0.25) is 4.79 Å². The maximum atomic E-state index is 13.4. The van der Waals surface area contributed by atoms with Crippen LogP contribution in [0.4, 0.5) is 13.2 Å². The van der Waals surface area contributed by atoms with Crippen LogP contribution >= 0.6 is 11.6 Å². The Hall–Kier alpha value is -1.07. The van der Waals surface area contributed by atoms with Crippen molar-refractivity contribution in [2.45, 2.75) is 49.3 Å². The predicted molar refractivity (Wildman–Crippen MR) is 71.2 cm³/mol. The third-order valence-electron chi connectivity index (χ3n) is 4.71. The number of carbonyl (C=O) groups excluding carboxylic acids is 1. The molecule has 1 fully saturated rings. The lowest BCUT2D eigenvalue weighted by molar-refractivity contribution is -0.269. The van der Waals surface area contributed by atoms with Gasteiger partial charge in [0.1, 0.15) is 5.78 Å². The highest BCUT2D eigenvalue weighted by molar-refractivity contribution is 6.31. The fourth-order valence-electron chi connectivity index (χ4n) is 3.86. The van der Waals surface area contributed by atoms with E-state index in [-0.39, 0.29) is 22.8 Å². The molecule has 0 aliphatic heterocycles. The minimum absolute atomic E-state index is 0.0404. The van der Waals surface area contributed by atoms with Gasteiger partial charge < -0.3 is 5.11 Å². The third kappa shape index (κ3) is 2.01. The van der Waals surface area contributed by atoms with Crippen molar-refractivity contribution in [3.63, 3.8) is 0 Å². The van der Waals surface area contributed by atoms with Gasteiger partial charge in [-0.2, -0.15) is 13.2 Å². The van der Waals surface area contributed by atoms with Crippen LogP contribution in [0.5, 0.6) is 0 Å². The highest BCUT2D eigenvalue weighted by atomic mass is 35.5. The van der Waals surface area contributed by atoms with Gasteiger partial charge in [-0.15, -0.1) is 0 Å². The third-order valence-corrected chi connectivity index (χ3v) is 5.02. The molecule has 0 heterocycles. The summed E-state index contributed by atoms with van der Waals surface area (Å²) in [6.07, 6.45) is -3.91. The molecule has 0 radical (unpaired) electrons. The quantitative estimate of drug-likeness (QED) is 0.788. The second-order valence-electron chi connectivity index (χ2n) is 6.05. The molecule has 1 aromatic carbocycles. The Bertz CT molecular complexity index is 613. The number of carbonyl (C=O) groups is 1. The topological polar surface area (TPSA) is 37.3 Å². The van der Waals surface area contributed by atoms with Gasteiger partial charge in [0.05, 0.1) is 0 Å². The van der Waals surface area contributed by atoms with E-state index in [4.69, 9.17) is 11.6 Å². The first-order valence-electron chi connectivity index (χ1n) is 6.80. The second-order valence-corrected chi connectivity index (χ2v) is 6.45. The van der Waals surface area contributed by atoms with Crippen molar-refractivity contribution in [3.05, 3.63) is 34.3 Å². The number of Topliss-reactive ketones (excluding diaryl/α,β-unsaturated/α-hetero) is 1. The maximum absolute atomic E-state index is 13.4. The van der Waals surface area contributed by atoms with Crippen LogP contribution in [0.15, 0.2) is 18.2 Å². The van der Waals surface area contributed by atoms with Crippen molar-refractivity contribution in [2.75, 3.05) is 0 Å². The molecule has 2 atom stereocenters. The lowest BCUT2D eigenvalue weighted by atomic mass is 9.69. The Morgan fingerprint density at radius 3 is 2.62 bits per heavy atom. The van der Waals surface area contributed by atoms with Gasteiger partial charge in [-0.05, 0) is 30.9 Å². The summed E-state index contributed by atoms with van der Waals surface area (Å²) in [5, 5.41) is 10.2. The number of halogens is 4. The molecule has 114 valence electrons. The van der Waals surface area contributed by atoms with E-state index in [9.17, 15) is 23.1 Å². The van der Waals surface area contributed by atoms with Crippen LogP contribution in [0.25, 0.3) is 0 Å². The van der Waals surface area contributed by atoms with E-state index >= 15 is 0 Å². The average Bonchev–Trinajstić information content (AvgIpc) is 2.60. The summed E-state index contributed by atoms with van der Waals surface area (Å²) in [6.45, 7) is 0. The zero-order chi connectivity index (χ0) is 15.5. The van der Waals surface area contributed by atoms with Crippen molar-refractivity contribution in [2.24, 2.45) is 0 Å². The standard InChI is InChI=1S/C15H14ClF3O2/c16-11-5-1-4-10-12(11)14(21,15(17,18)19)8-13(10)6-2-3-9(20)7-13/h1,4-5,21H,2-3,6-8H2/t13-,14?/m1/s1. The predicted octanol–water partition coefficient (Wildman–Crippen LogP) is 3.87. The molecular weight excluding hydrogens is 305 g/mol. The smallest absolute Gasteiger partial charge is 0.376 e. The molecule has 1 N–H and O–H groups in total. The summed E-state index contributed by atoms with van der Waals surface area (Å²) in [5.41, 5.74) is -3.81. The summed E-state index contributed by atoms with van der Waals surface area (Å²) in [7, 11) is 0. The molecule has 2 aliphatic carbocycles. The van der Waals surface area contributed by atoms with Gasteiger partial charge >= 0.3 is 6.18 Å². The molecule has 0 amide bonds. The lowest BCUT2D eigenvalue weighted by Crippen LogP contribution is -2.43. The summed E-state index contributed by atoms with van der Waals surface area (Å²) in [6, 6.07) is 4.48. The largest absolute Gasteiger partial charge is 0.421 e. The van der Waals surface area contributed by atoms with Crippen molar-refractivity contribution in [1.29, 1.82) is 0 Å². The Kier molecular flexibility index (Phi) is 3.16. The summed E-state index contributed by atoms with van der Waals surface area (Å²) in [5.74, 6) is -0.0569. The van der Waals surface area contributed by atoms with E-state index in [0.717, 1.165) is 0 Å². The van der Waals surface area contributed by atoms with Crippen molar-refractivity contribution in [3.8, 4) is 0 Å². The van der Waals surface area contributed by atoms with Gasteiger partial charge in [0, 0.05) is 28.8 Å². The van der Waals surface area contributed by atoms with Crippen LogP contribution in [0.2, 0.25) is 5.02 Å². The van der Waals surface area contributed by atoms with E-state index in [1.54, 1.807) is 12.1 Å². The molecular formula is C15H14ClF3O2. The first-order chi connectivity index (χ1) is 9.70. The molecule has 1 spiro atoms. The molecule has 1 unspecified atom stereocenters. The highest BCUT2D eigenvalue weighted by Gasteiger charge is 2.65. The van der Waals surface area contributed by atoms with E-state index in [0.29, 0.717) is 24.8 Å². The van der Waals surface area contributed by atoms with Crippen molar-refractivity contribution in [1.82, 2.24) is 0 Å². The Morgan fingerprint density at radius 2 is 2.00 bits per heavy atom. The summed E-state index contributed by atoms with van der Waals surface area (Å²) < 4.78 is 40.3. The normalized spacial score (nSPS) is 32.5. The Morgan fingerprint density at radius 1 is 1.29 bits per heavy atom. The maximum Gasteiger partial charge on any atom is 0.421 e. The minimum atomic E-state index is -4.82. The van der Waals surface area contributed by atoms with Crippen LogP contribution in [0.1, 0.15) is 43.2 Å². The SMILES string of the molecule is O=C1CCC[C@@]2(C1)CC(O)(C(F)(F)F)c1c(Cl)cccc12. The number of rotatable bonds is 0. The summed E-state index contributed by atoms with van der Waals surface area (Å²) in [4.78, 5) is 11.8. The molecule has 0 aromatic heterocycles. The van der Waals surface area contributed by atoms with Gasteiger partial charge in [0.15, 0.2) is 5.60 Å². The fraction of sp³-hybridized carbons (Fsp3) is 0.533. The van der Waals surface area contributed by atoms with Crippen LogP contribution < -0.4 is 0 Å². The number of hydrogen-bond donors (Lipinski definition) is 1. The number of aliphatic hydroxyl groups is 1. The molecule has 1 aromatic rings. The molecule has 1 saturated carbocycles. The number of fused-ring (bicyclic) bond motifs is 2. The van der Waals surface area contributed by atoms with Gasteiger partial charge in [0.2, 0.25) is 0 Å².